The Balaban J connectivity index is 1.39. The van der Waals surface area contributed by atoms with E-state index in [1.807, 2.05) is 41.3 Å². The lowest BCUT2D eigenvalue weighted by Crippen LogP contribution is -2.50. The van der Waals surface area contributed by atoms with Crippen LogP contribution in [-0.4, -0.2) is 61.9 Å². The number of methoxy groups -OCH3 is 2. The van der Waals surface area contributed by atoms with Crippen LogP contribution in [0.2, 0.25) is 0 Å². The van der Waals surface area contributed by atoms with Gasteiger partial charge in [0.15, 0.2) is 17.2 Å². The molecule has 3 aromatic rings. The lowest BCUT2D eigenvalue weighted by Gasteiger charge is -2.36. The SMILES string of the molecule is COc1ccc(C(=O)N2CCN(C3=Nc4ccccc4Oc4ccc(C)cc43)CC2)cc1OC. The van der Waals surface area contributed by atoms with E-state index in [0.717, 1.165) is 34.1 Å². The smallest absolute Gasteiger partial charge is 0.254 e. The summed E-state index contributed by atoms with van der Waals surface area (Å²) in [6.07, 6.45) is 0. The summed E-state index contributed by atoms with van der Waals surface area (Å²) >= 11 is 0. The lowest BCUT2D eigenvalue weighted by atomic mass is 10.1. The van der Waals surface area contributed by atoms with Crippen molar-refractivity contribution in [2.75, 3.05) is 40.4 Å². The molecule has 0 bridgehead atoms. The highest BCUT2D eigenvalue weighted by molar-refractivity contribution is 6.04. The summed E-state index contributed by atoms with van der Waals surface area (Å²) in [5, 5.41) is 0. The molecule has 174 valence electrons. The highest BCUT2D eigenvalue weighted by Crippen LogP contribution is 2.38. The van der Waals surface area contributed by atoms with Crippen LogP contribution >= 0.6 is 0 Å². The van der Waals surface area contributed by atoms with E-state index >= 15 is 0 Å². The van der Waals surface area contributed by atoms with E-state index in [1.54, 1.807) is 32.4 Å². The van der Waals surface area contributed by atoms with Crippen LogP contribution in [0.4, 0.5) is 5.69 Å². The first-order valence-electron chi connectivity index (χ1n) is 11.3. The van der Waals surface area contributed by atoms with E-state index in [1.165, 1.54) is 0 Å². The summed E-state index contributed by atoms with van der Waals surface area (Å²) < 4.78 is 16.9. The largest absolute Gasteiger partial charge is 0.493 e. The van der Waals surface area contributed by atoms with Crippen molar-refractivity contribution in [3.8, 4) is 23.0 Å². The summed E-state index contributed by atoms with van der Waals surface area (Å²) in [7, 11) is 3.15. The summed E-state index contributed by atoms with van der Waals surface area (Å²) in [6.45, 7) is 4.60. The highest BCUT2D eigenvalue weighted by Gasteiger charge is 2.28. The normalized spacial score (nSPS) is 14.9. The summed E-state index contributed by atoms with van der Waals surface area (Å²) in [6, 6.07) is 19.2. The molecule has 7 nitrogen and oxygen atoms in total. The Morgan fingerprint density at radius 3 is 2.41 bits per heavy atom. The number of fused-ring (bicyclic) bond motifs is 2. The van der Waals surface area contributed by atoms with Gasteiger partial charge in [-0.15, -0.1) is 0 Å². The molecule has 34 heavy (non-hydrogen) atoms. The minimum absolute atomic E-state index is 0.0201. The summed E-state index contributed by atoms with van der Waals surface area (Å²) in [4.78, 5) is 22.3. The molecule has 0 spiro atoms. The van der Waals surface area contributed by atoms with E-state index in [2.05, 4.69) is 17.9 Å². The Kier molecular flexibility index (Phi) is 5.84. The number of piperazine rings is 1. The predicted molar refractivity (Wildman–Crippen MR) is 131 cm³/mol. The second kappa shape index (κ2) is 9.09. The number of hydrogen-bond donors (Lipinski definition) is 0. The van der Waals surface area contributed by atoms with Gasteiger partial charge in [-0.2, -0.15) is 0 Å². The van der Waals surface area contributed by atoms with Crippen molar-refractivity contribution < 1.29 is 19.0 Å². The van der Waals surface area contributed by atoms with Crippen molar-refractivity contribution in [3.05, 3.63) is 77.4 Å². The quantitative estimate of drug-likeness (QED) is 0.573. The molecule has 0 unspecified atom stereocenters. The van der Waals surface area contributed by atoms with E-state index in [-0.39, 0.29) is 5.91 Å². The highest BCUT2D eigenvalue weighted by atomic mass is 16.5. The molecule has 0 aliphatic carbocycles. The molecule has 1 fully saturated rings. The molecular weight excluding hydrogens is 430 g/mol. The summed E-state index contributed by atoms with van der Waals surface area (Å²) in [5.41, 5.74) is 3.50. The first-order chi connectivity index (χ1) is 16.6. The van der Waals surface area contributed by atoms with E-state index in [0.29, 0.717) is 43.2 Å². The lowest BCUT2D eigenvalue weighted by molar-refractivity contribution is 0.0691. The van der Waals surface area contributed by atoms with Crippen molar-refractivity contribution in [1.82, 2.24) is 9.80 Å². The Morgan fingerprint density at radius 2 is 1.65 bits per heavy atom. The molecule has 3 aromatic carbocycles. The number of aryl methyl sites for hydroxylation is 1. The fourth-order valence-corrected chi connectivity index (χ4v) is 4.35. The maximum atomic E-state index is 13.2. The van der Waals surface area contributed by atoms with Crippen LogP contribution in [0.1, 0.15) is 21.5 Å². The molecule has 2 aliphatic heterocycles. The van der Waals surface area contributed by atoms with Crippen molar-refractivity contribution >= 4 is 17.4 Å². The zero-order valence-electron chi connectivity index (χ0n) is 19.6. The molecule has 7 heteroatoms. The molecule has 2 heterocycles. The van der Waals surface area contributed by atoms with Crippen molar-refractivity contribution in [3.63, 3.8) is 0 Å². The Hall–Kier alpha value is -4.00. The number of ether oxygens (including phenoxy) is 3. The number of carbonyl (C=O) groups excluding carboxylic acids is 1. The van der Waals surface area contributed by atoms with Gasteiger partial charge in [0, 0.05) is 31.7 Å². The molecule has 1 saturated heterocycles. The van der Waals surface area contributed by atoms with Gasteiger partial charge in [-0.25, -0.2) is 4.99 Å². The standard InChI is InChI=1S/C27H27N3O4/c1-18-8-10-22-20(16-18)26(28-21-6-4-5-7-23(21)34-22)29-12-14-30(15-13-29)27(31)19-9-11-24(32-2)25(17-19)33-3/h4-11,16-17H,12-15H2,1-3H3. The number of benzene rings is 3. The Labute approximate surface area is 199 Å². The van der Waals surface area contributed by atoms with Gasteiger partial charge in [0.05, 0.1) is 19.8 Å². The fraction of sp³-hybridized carbons (Fsp3) is 0.259. The third kappa shape index (κ3) is 4.05. The molecule has 0 atom stereocenters. The molecule has 0 N–H and O–H groups in total. The van der Waals surface area contributed by atoms with Gasteiger partial charge in [-0.1, -0.05) is 23.8 Å². The van der Waals surface area contributed by atoms with Crippen LogP contribution in [0.5, 0.6) is 23.0 Å². The zero-order chi connectivity index (χ0) is 23.7. The molecule has 0 saturated carbocycles. The number of carbonyl (C=O) groups is 1. The van der Waals surface area contributed by atoms with Crippen LogP contribution in [0.15, 0.2) is 65.7 Å². The predicted octanol–water partition coefficient (Wildman–Crippen LogP) is 4.65. The topological polar surface area (TPSA) is 63.6 Å². The van der Waals surface area contributed by atoms with Gasteiger partial charge >= 0.3 is 0 Å². The molecule has 0 radical (unpaired) electrons. The minimum Gasteiger partial charge on any atom is -0.493 e. The second-order valence-corrected chi connectivity index (χ2v) is 8.35. The van der Waals surface area contributed by atoms with E-state index < -0.39 is 0 Å². The number of para-hydroxylation sites is 2. The number of rotatable bonds is 3. The third-order valence-electron chi connectivity index (χ3n) is 6.18. The molecule has 5 rings (SSSR count). The van der Waals surface area contributed by atoms with Gasteiger partial charge in [0.2, 0.25) is 0 Å². The fourth-order valence-electron chi connectivity index (χ4n) is 4.35. The maximum Gasteiger partial charge on any atom is 0.254 e. The van der Waals surface area contributed by atoms with Crippen LogP contribution in [0.25, 0.3) is 0 Å². The first-order valence-corrected chi connectivity index (χ1v) is 11.3. The second-order valence-electron chi connectivity index (χ2n) is 8.35. The van der Waals surface area contributed by atoms with Gasteiger partial charge < -0.3 is 24.0 Å². The van der Waals surface area contributed by atoms with Crippen LogP contribution in [0, 0.1) is 6.92 Å². The van der Waals surface area contributed by atoms with Crippen molar-refractivity contribution in [1.29, 1.82) is 0 Å². The number of amidine groups is 1. The molecule has 0 aromatic heterocycles. The average molecular weight is 458 g/mol. The van der Waals surface area contributed by atoms with Crippen LogP contribution < -0.4 is 14.2 Å². The molecule has 1 amide bonds. The number of nitrogens with zero attached hydrogens (tertiary/aromatic N) is 3. The van der Waals surface area contributed by atoms with E-state index in [9.17, 15) is 4.79 Å². The Morgan fingerprint density at radius 1 is 0.882 bits per heavy atom. The number of amides is 1. The molecule has 2 aliphatic rings. The maximum absolute atomic E-state index is 13.2. The van der Waals surface area contributed by atoms with Crippen LogP contribution in [-0.2, 0) is 0 Å². The van der Waals surface area contributed by atoms with Gasteiger partial charge in [-0.05, 0) is 49.4 Å². The van der Waals surface area contributed by atoms with E-state index in [4.69, 9.17) is 19.2 Å². The van der Waals surface area contributed by atoms with Crippen LogP contribution in [0.3, 0.4) is 0 Å². The van der Waals surface area contributed by atoms with Gasteiger partial charge in [0.1, 0.15) is 17.3 Å². The van der Waals surface area contributed by atoms with Crippen molar-refractivity contribution in [2.24, 2.45) is 4.99 Å². The summed E-state index contributed by atoms with van der Waals surface area (Å²) in [5.74, 6) is 3.54. The molecular formula is C27H27N3O4. The number of hydrogen-bond acceptors (Lipinski definition) is 6. The minimum atomic E-state index is -0.0201. The first kappa shape index (κ1) is 21.8. The van der Waals surface area contributed by atoms with Gasteiger partial charge in [0.25, 0.3) is 5.91 Å². The monoisotopic (exact) mass is 457 g/mol. The Bertz CT molecular complexity index is 1260. The third-order valence-corrected chi connectivity index (χ3v) is 6.18. The number of aliphatic imine (C=N–C) groups is 1. The zero-order valence-corrected chi connectivity index (χ0v) is 19.6. The van der Waals surface area contributed by atoms with Crippen molar-refractivity contribution in [2.45, 2.75) is 6.92 Å². The average Bonchev–Trinajstić information content (AvgIpc) is 3.04. The van der Waals surface area contributed by atoms with Gasteiger partial charge in [-0.3, -0.25) is 4.79 Å².